The van der Waals surface area contributed by atoms with Gasteiger partial charge in [-0.15, -0.1) is 0 Å². The van der Waals surface area contributed by atoms with Crippen LogP contribution in [0.4, 0.5) is 0 Å². The molecule has 3 rings (SSSR count). The smallest absolute Gasteiger partial charge is 0.0270 e. The molecule has 2 nitrogen and oxygen atoms in total. The standard InChI is InChI=1S/C18H22N2/c1-13(14-8-10-20-11-9-14)18(19-2)17-12-16(17)15-6-4-3-5-7-15/h3-11,13,16-19H,12H2,1-2H3. The molecule has 0 bridgehead atoms. The number of hydrogen-bond acceptors (Lipinski definition) is 2. The van der Waals surface area contributed by atoms with E-state index in [0.717, 1.165) is 11.8 Å². The second kappa shape index (κ2) is 5.76. The second-order valence-corrected chi connectivity index (χ2v) is 5.80. The van der Waals surface area contributed by atoms with Gasteiger partial charge in [-0.3, -0.25) is 4.98 Å². The quantitative estimate of drug-likeness (QED) is 0.894. The summed E-state index contributed by atoms with van der Waals surface area (Å²) in [6.45, 7) is 2.32. The van der Waals surface area contributed by atoms with Crippen molar-refractivity contribution in [3.8, 4) is 0 Å². The van der Waals surface area contributed by atoms with Gasteiger partial charge in [0, 0.05) is 18.4 Å². The Balaban J connectivity index is 1.73. The van der Waals surface area contributed by atoms with Crippen LogP contribution in [0.2, 0.25) is 0 Å². The van der Waals surface area contributed by atoms with Gasteiger partial charge in [-0.1, -0.05) is 37.3 Å². The molecule has 20 heavy (non-hydrogen) atoms. The predicted molar refractivity (Wildman–Crippen MR) is 82.8 cm³/mol. The molecule has 1 aromatic carbocycles. The summed E-state index contributed by atoms with van der Waals surface area (Å²) < 4.78 is 0. The third-order valence-electron chi connectivity index (χ3n) is 4.63. The molecule has 4 unspecified atom stereocenters. The molecule has 0 aliphatic heterocycles. The fraction of sp³-hybridized carbons (Fsp3) is 0.389. The lowest BCUT2D eigenvalue weighted by molar-refractivity contribution is 0.430. The molecule has 1 heterocycles. The van der Waals surface area contributed by atoms with Crippen LogP contribution in [0, 0.1) is 5.92 Å². The lowest BCUT2D eigenvalue weighted by Crippen LogP contribution is -2.33. The normalized spacial score (nSPS) is 24.1. The largest absolute Gasteiger partial charge is 0.316 e. The van der Waals surface area contributed by atoms with E-state index < -0.39 is 0 Å². The van der Waals surface area contributed by atoms with Crippen molar-refractivity contribution in [2.24, 2.45) is 5.92 Å². The Morgan fingerprint density at radius 2 is 1.80 bits per heavy atom. The van der Waals surface area contributed by atoms with Gasteiger partial charge in [0.25, 0.3) is 0 Å². The summed E-state index contributed by atoms with van der Waals surface area (Å²) in [7, 11) is 2.09. The lowest BCUT2D eigenvalue weighted by atomic mass is 9.89. The van der Waals surface area contributed by atoms with Crippen molar-refractivity contribution in [1.29, 1.82) is 0 Å². The highest BCUT2D eigenvalue weighted by Crippen LogP contribution is 2.51. The van der Waals surface area contributed by atoms with Crippen LogP contribution in [0.5, 0.6) is 0 Å². The maximum Gasteiger partial charge on any atom is 0.0270 e. The highest BCUT2D eigenvalue weighted by molar-refractivity contribution is 5.28. The lowest BCUT2D eigenvalue weighted by Gasteiger charge is -2.24. The van der Waals surface area contributed by atoms with Gasteiger partial charge in [-0.05, 0) is 54.5 Å². The highest BCUT2D eigenvalue weighted by Gasteiger charge is 2.45. The van der Waals surface area contributed by atoms with Gasteiger partial charge in [-0.2, -0.15) is 0 Å². The Morgan fingerprint density at radius 1 is 1.10 bits per heavy atom. The van der Waals surface area contributed by atoms with Crippen molar-refractivity contribution in [2.75, 3.05) is 7.05 Å². The minimum atomic E-state index is 0.515. The third kappa shape index (κ3) is 2.61. The van der Waals surface area contributed by atoms with E-state index in [4.69, 9.17) is 0 Å². The molecule has 1 aromatic heterocycles. The van der Waals surface area contributed by atoms with Crippen LogP contribution in [-0.4, -0.2) is 18.1 Å². The molecule has 0 amide bonds. The molecule has 1 saturated carbocycles. The van der Waals surface area contributed by atoms with Crippen LogP contribution >= 0.6 is 0 Å². The van der Waals surface area contributed by atoms with Gasteiger partial charge < -0.3 is 5.32 Å². The molecular weight excluding hydrogens is 244 g/mol. The van der Waals surface area contributed by atoms with Gasteiger partial charge in [0.15, 0.2) is 0 Å². The summed E-state index contributed by atoms with van der Waals surface area (Å²) in [5.74, 6) is 1.98. The molecule has 1 aliphatic rings. The van der Waals surface area contributed by atoms with Crippen molar-refractivity contribution < 1.29 is 0 Å². The van der Waals surface area contributed by atoms with Crippen molar-refractivity contribution in [2.45, 2.75) is 31.2 Å². The van der Waals surface area contributed by atoms with Crippen molar-refractivity contribution in [3.05, 3.63) is 66.0 Å². The molecule has 2 aromatic rings. The fourth-order valence-electron chi connectivity index (χ4n) is 3.40. The molecule has 0 radical (unpaired) electrons. The summed E-state index contributed by atoms with van der Waals surface area (Å²) in [5.41, 5.74) is 2.86. The Hall–Kier alpha value is -1.67. The van der Waals surface area contributed by atoms with Crippen LogP contribution in [0.15, 0.2) is 54.9 Å². The molecule has 0 spiro atoms. The van der Waals surface area contributed by atoms with Crippen molar-refractivity contribution in [3.63, 3.8) is 0 Å². The number of likely N-dealkylation sites (N-methyl/N-ethyl adjacent to an activating group) is 1. The van der Waals surface area contributed by atoms with E-state index >= 15 is 0 Å². The monoisotopic (exact) mass is 266 g/mol. The van der Waals surface area contributed by atoms with E-state index in [1.165, 1.54) is 17.5 Å². The molecule has 104 valence electrons. The first-order valence-electron chi connectivity index (χ1n) is 7.43. The topological polar surface area (TPSA) is 24.9 Å². The van der Waals surface area contributed by atoms with Gasteiger partial charge in [0.05, 0.1) is 0 Å². The van der Waals surface area contributed by atoms with E-state index in [0.29, 0.717) is 12.0 Å². The summed E-state index contributed by atoms with van der Waals surface area (Å²) in [5, 5.41) is 3.54. The summed E-state index contributed by atoms with van der Waals surface area (Å²) in [4.78, 5) is 4.12. The predicted octanol–water partition coefficient (Wildman–Crippen LogP) is 3.58. The average Bonchev–Trinajstić information content (AvgIpc) is 3.30. The van der Waals surface area contributed by atoms with Crippen molar-refractivity contribution in [1.82, 2.24) is 10.3 Å². The summed E-state index contributed by atoms with van der Waals surface area (Å²) in [6.07, 6.45) is 5.07. The Labute approximate surface area is 121 Å². The molecule has 1 N–H and O–H groups in total. The van der Waals surface area contributed by atoms with Crippen LogP contribution in [0.25, 0.3) is 0 Å². The SMILES string of the molecule is CNC(C(C)c1ccncc1)C1CC1c1ccccc1. The number of aromatic nitrogens is 1. The first-order chi connectivity index (χ1) is 9.81. The number of hydrogen-bond donors (Lipinski definition) is 1. The van der Waals surface area contributed by atoms with Gasteiger partial charge >= 0.3 is 0 Å². The first kappa shape index (κ1) is 13.3. The Kier molecular flexibility index (Phi) is 3.83. The number of rotatable bonds is 5. The van der Waals surface area contributed by atoms with Crippen LogP contribution < -0.4 is 5.32 Å². The van der Waals surface area contributed by atoms with E-state index in [2.05, 4.69) is 66.7 Å². The summed E-state index contributed by atoms with van der Waals surface area (Å²) in [6, 6.07) is 15.7. The maximum atomic E-state index is 4.12. The minimum Gasteiger partial charge on any atom is -0.316 e. The van der Waals surface area contributed by atoms with E-state index in [9.17, 15) is 0 Å². The Bertz CT molecular complexity index is 538. The maximum absolute atomic E-state index is 4.12. The number of nitrogens with zero attached hydrogens (tertiary/aromatic N) is 1. The molecule has 0 saturated heterocycles. The molecular formula is C18H22N2. The summed E-state index contributed by atoms with van der Waals surface area (Å²) >= 11 is 0. The zero-order valence-electron chi connectivity index (χ0n) is 12.2. The van der Waals surface area contributed by atoms with Gasteiger partial charge in [0.2, 0.25) is 0 Å². The zero-order chi connectivity index (χ0) is 13.9. The zero-order valence-corrected chi connectivity index (χ0v) is 12.2. The van der Waals surface area contributed by atoms with E-state index in [1.54, 1.807) is 0 Å². The Morgan fingerprint density at radius 3 is 2.45 bits per heavy atom. The number of benzene rings is 1. The van der Waals surface area contributed by atoms with E-state index in [1.807, 2.05) is 12.4 Å². The minimum absolute atomic E-state index is 0.515. The van der Waals surface area contributed by atoms with Gasteiger partial charge in [0.1, 0.15) is 0 Å². The molecule has 1 fully saturated rings. The molecule has 2 heteroatoms. The third-order valence-corrected chi connectivity index (χ3v) is 4.63. The van der Waals surface area contributed by atoms with E-state index in [-0.39, 0.29) is 0 Å². The van der Waals surface area contributed by atoms with Crippen LogP contribution in [0.3, 0.4) is 0 Å². The highest BCUT2D eigenvalue weighted by atomic mass is 14.9. The first-order valence-corrected chi connectivity index (χ1v) is 7.43. The second-order valence-electron chi connectivity index (χ2n) is 5.80. The van der Waals surface area contributed by atoms with Gasteiger partial charge in [-0.25, -0.2) is 0 Å². The average molecular weight is 266 g/mol. The van der Waals surface area contributed by atoms with Crippen LogP contribution in [0.1, 0.15) is 36.3 Å². The van der Waals surface area contributed by atoms with Crippen molar-refractivity contribution >= 4 is 0 Å². The van der Waals surface area contributed by atoms with Crippen LogP contribution in [-0.2, 0) is 0 Å². The number of nitrogens with one attached hydrogen (secondary N) is 1. The number of pyridine rings is 1. The fourth-order valence-corrected chi connectivity index (χ4v) is 3.40. The molecule has 1 aliphatic carbocycles. The molecule has 4 atom stereocenters.